The van der Waals surface area contributed by atoms with Crippen LogP contribution in [0.5, 0.6) is 0 Å². The number of carboxylic acids is 1. The zero-order valence-corrected chi connectivity index (χ0v) is 9.08. The fourth-order valence-electron chi connectivity index (χ4n) is 1.10. The van der Waals surface area contributed by atoms with Crippen molar-refractivity contribution in [1.29, 1.82) is 0 Å². The molecule has 1 unspecified atom stereocenters. The molecule has 0 spiro atoms. The van der Waals surface area contributed by atoms with E-state index < -0.39 is 5.97 Å². The van der Waals surface area contributed by atoms with E-state index in [1.165, 1.54) is 6.07 Å². The molecule has 0 fully saturated rings. The number of halogens is 1. The molecule has 3 nitrogen and oxygen atoms in total. The van der Waals surface area contributed by atoms with Crippen molar-refractivity contribution in [2.75, 3.05) is 5.32 Å². The average molecular weight is 226 g/mol. The van der Waals surface area contributed by atoms with Crippen molar-refractivity contribution in [3.63, 3.8) is 0 Å². The van der Waals surface area contributed by atoms with Crippen LogP contribution in [0.2, 0.25) is 5.02 Å². The second-order valence-corrected chi connectivity index (χ2v) is 3.58. The Balaban J connectivity index is 2.91. The van der Waals surface area contributed by atoms with Crippen LogP contribution in [0.3, 0.4) is 0 Å². The molecule has 1 aromatic carbocycles. The van der Waals surface area contributed by atoms with Crippen molar-refractivity contribution in [3.8, 4) is 0 Å². The molecule has 0 aliphatic rings. The highest BCUT2D eigenvalue weighted by Crippen LogP contribution is 2.21. The summed E-state index contributed by atoms with van der Waals surface area (Å²) in [6, 6.07) is 4.85. The number of carboxylic acid groups (broad SMARTS) is 1. The highest BCUT2D eigenvalue weighted by Gasteiger charge is 2.08. The van der Waals surface area contributed by atoms with E-state index >= 15 is 0 Å². The lowest BCUT2D eigenvalue weighted by Gasteiger charge is -2.11. The summed E-state index contributed by atoms with van der Waals surface area (Å²) in [5.41, 5.74) is 0.880. The van der Waals surface area contributed by atoms with E-state index in [9.17, 15) is 4.79 Å². The number of carbonyl (C=O) groups is 1. The Hall–Kier alpha value is -1.48. The Morgan fingerprint density at radius 2 is 2.33 bits per heavy atom. The number of aromatic carboxylic acids is 1. The van der Waals surface area contributed by atoms with Gasteiger partial charge >= 0.3 is 5.97 Å². The van der Waals surface area contributed by atoms with E-state index in [1.807, 2.05) is 6.92 Å². The molecule has 4 heteroatoms. The third-order valence-electron chi connectivity index (χ3n) is 1.95. The minimum atomic E-state index is -1.02. The summed E-state index contributed by atoms with van der Waals surface area (Å²) < 4.78 is 0. The molecule has 0 bridgehead atoms. The van der Waals surface area contributed by atoms with Crippen molar-refractivity contribution < 1.29 is 9.90 Å². The highest BCUT2D eigenvalue weighted by molar-refractivity contribution is 6.33. The Morgan fingerprint density at radius 3 is 2.80 bits per heavy atom. The number of hydrogen-bond donors (Lipinski definition) is 2. The molecule has 0 heterocycles. The number of anilines is 1. The smallest absolute Gasteiger partial charge is 0.337 e. The zero-order valence-electron chi connectivity index (χ0n) is 8.33. The van der Waals surface area contributed by atoms with E-state index in [2.05, 4.69) is 11.9 Å². The van der Waals surface area contributed by atoms with Gasteiger partial charge in [0.05, 0.1) is 10.6 Å². The molecule has 1 atom stereocenters. The standard InChI is InChI=1S/C11H12ClNO2/c1-3-7(2)13-8-4-5-9(11(14)15)10(12)6-8/h3-7,13H,1H2,2H3,(H,14,15). The van der Waals surface area contributed by atoms with Crippen molar-refractivity contribution in [1.82, 2.24) is 0 Å². The van der Waals surface area contributed by atoms with Crippen LogP contribution in [0.1, 0.15) is 17.3 Å². The van der Waals surface area contributed by atoms with Crippen molar-refractivity contribution in [3.05, 3.63) is 41.4 Å². The van der Waals surface area contributed by atoms with E-state index in [1.54, 1.807) is 18.2 Å². The third-order valence-corrected chi connectivity index (χ3v) is 2.26. The maximum atomic E-state index is 10.7. The first-order valence-electron chi connectivity index (χ1n) is 4.46. The van der Waals surface area contributed by atoms with E-state index in [0.717, 1.165) is 5.69 Å². The molecule has 0 saturated heterocycles. The van der Waals surface area contributed by atoms with Crippen LogP contribution in [-0.2, 0) is 0 Å². The first kappa shape index (κ1) is 11.6. The summed E-state index contributed by atoms with van der Waals surface area (Å²) in [7, 11) is 0. The van der Waals surface area contributed by atoms with Crippen LogP contribution in [0.4, 0.5) is 5.69 Å². The van der Waals surface area contributed by atoms with Crippen molar-refractivity contribution in [2.24, 2.45) is 0 Å². The van der Waals surface area contributed by atoms with Gasteiger partial charge in [0.1, 0.15) is 0 Å². The lowest BCUT2D eigenvalue weighted by Crippen LogP contribution is -2.11. The lowest BCUT2D eigenvalue weighted by atomic mass is 10.2. The first-order valence-corrected chi connectivity index (χ1v) is 4.84. The van der Waals surface area contributed by atoms with E-state index in [0.29, 0.717) is 0 Å². The third kappa shape index (κ3) is 2.99. The van der Waals surface area contributed by atoms with Gasteiger partial charge in [-0.25, -0.2) is 4.79 Å². The summed E-state index contributed by atoms with van der Waals surface area (Å²) in [5, 5.41) is 12.1. The van der Waals surface area contributed by atoms with Crippen molar-refractivity contribution >= 4 is 23.3 Å². The lowest BCUT2D eigenvalue weighted by molar-refractivity contribution is 0.0697. The second-order valence-electron chi connectivity index (χ2n) is 3.17. The molecule has 1 aromatic rings. The second kappa shape index (κ2) is 4.84. The predicted molar refractivity (Wildman–Crippen MR) is 61.7 cm³/mol. The van der Waals surface area contributed by atoms with Gasteiger partial charge in [-0.3, -0.25) is 0 Å². The summed E-state index contributed by atoms with van der Waals surface area (Å²) in [5.74, 6) is -1.02. The van der Waals surface area contributed by atoms with Gasteiger partial charge in [0.25, 0.3) is 0 Å². The van der Waals surface area contributed by atoms with Crippen molar-refractivity contribution in [2.45, 2.75) is 13.0 Å². The monoisotopic (exact) mass is 225 g/mol. The molecule has 0 aromatic heterocycles. The maximum Gasteiger partial charge on any atom is 0.337 e. The highest BCUT2D eigenvalue weighted by atomic mass is 35.5. The normalized spacial score (nSPS) is 11.9. The molecule has 0 amide bonds. The van der Waals surface area contributed by atoms with Gasteiger partial charge in [0, 0.05) is 11.7 Å². The van der Waals surface area contributed by atoms with Gasteiger partial charge in [-0.2, -0.15) is 0 Å². The van der Waals surface area contributed by atoms with Crippen LogP contribution in [-0.4, -0.2) is 17.1 Å². The van der Waals surface area contributed by atoms with E-state index in [-0.39, 0.29) is 16.6 Å². The van der Waals surface area contributed by atoms with Crippen LogP contribution in [0, 0.1) is 0 Å². The molecular formula is C11H12ClNO2. The maximum absolute atomic E-state index is 10.7. The van der Waals surface area contributed by atoms with Gasteiger partial charge in [0.2, 0.25) is 0 Å². The Kier molecular flexibility index (Phi) is 3.74. The van der Waals surface area contributed by atoms with Gasteiger partial charge in [0.15, 0.2) is 0 Å². The fourth-order valence-corrected chi connectivity index (χ4v) is 1.36. The Bertz CT molecular complexity index is 390. The quantitative estimate of drug-likeness (QED) is 0.775. The number of nitrogens with one attached hydrogen (secondary N) is 1. The summed E-state index contributed by atoms with van der Waals surface area (Å²) in [6.45, 7) is 5.57. The molecule has 0 aliphatic carbocycles. The molecule has 80 valence electrons. The molecular weight excluding hydrogens is 214 g/mol. The summed E-state index contributed by atoms with van der Waals surface area (Å²) >= 11 is 5.80. The van der Waals surface area contributed by atoms with Gasteiger partial charge in [-0.05, 0) is 25.1 Å². The largest absolute Gasteiger partial charge is 0.478 e. The number of hydrogen-bond acceptors (Lipinski definition) is 2. The summed E-state index contributed by atoms with van der Waals surface area (Å²) in [6.07, 6.45) is 1.75. The van der Waals surface area contributed by atoms with E-state index in [4.69, 9.17) is 16.7 Å². The number of rotatable bonds is 4. The van der Waals surface area contributed by atoms with Crippen LogP contribution >= 0.6 is 11.6 Å². The van der Waals surface area contributed by atoms with Gasteiger partial charge in [-0.15, -0.1) is 6.58 Å². The molecule has 15 heavy (non-hydrogen) atoms. The molecule has 0 radical (unpaired) electrons. The fraction of sp³-hybridized carbons (Fsp3) is 0.182. The Labute approximate surface area is 93.4 Å². The van der Waals surface area contributed by atoms with Crippen LogP contribution < -0.4 is 5.32 Å². The predicted octanol–water partition coefficient (Wildman–Crippen LogP) is 3.02. The van der Waals surface area contributed by atoms with Crippen LogP contribution in [0.25, 0.3) is 0 Å². The summed E-state index contributed by atoms with van der Waals surface area (Å²) in [4.78, 5) is 10.7. The zero-order chi connectivity index (χ0) is 11.4. The Morgan fingerprint density at radius 1 is 1.67 bits per heavy atom. The SMILES string of the molecule is C=CC(C)Nc1ccc(C(=O)O)c(Cl)c1. The minimum absolute atomic E-state index is 0.105. The van der Waals surface area contributed by atoms with Crippen LogP contribution in [0.15, 0.2) is 30.9 Å². The molecule has 1 rings (SSSR count). The molecule has 0 aliphatic heterocycles. The van der Waals surface area contributed by atoms with Gasteiger partial charge in [-0.1, -0.05) is 17.7 Å². The topological polar surface area (TPSA) is 49.3 Å². The first-order chi connectivity index (χ1) is 7.04. The molecule has 0 saturated carbocycles. The molecule has 2 N–H and O–H groups in total. The van der Waals surface area contributed by atoms with Gasteiger partial charge < -0.3 is 10.4 Å². The minimum Gasteiger partial charge on any atom is -0.478 e. The average Bonchev–Trinajstić information content (AvgIpc) is 2.17. The number of benzene rings is 1.